The fraction of sp³-hybridized carbons (Fsp3) is 0.250. The number of fused-ring (bicyclic) bond motifs is 1. The van der Waals surface area contributed by atoms with E-state index in [-0.39, 0.29) is 18.1 Å². The maximum atomic E-state index is 13.8. The van der Waals surface area contributed by atoms with Crippen LogP contribution in [-0.4, -0.2) is 29.7 Å². The standard InChI is InChI=1S/C32H29ClN2O6S/c1-4-6-17-40-30(37)22-9-7-20(8-10-22)25-16-15-24(41-25)18-26-29(36)35-28(21-11-13-23(33)14-12-21)27(31(38)39-5-2)19(3)34-32(35)42-26/h7-16,18,28H,4-6,17H2,1-3H3/b26-18-/t28-/m1/s1. The normalized spacial score (nSPS) is 14.9. The van der Waals surface area contributed by atoms with Crippen LogP contribution in [-0.2, 0) is 14.3 Å². The van der Waals surface area contributed by atoms with E-state index in [9.17, 15) is 14.4 Å². The number of hydrogen-bond donors (Lipinski definition) is 0. The first kappa shape index (κ1) is 29.3. The van der Waals surface area contributed by atoms with E-state index in [2.05, 4.69) is 4.99 Å². The van der Waals surface area contributed by atoms with Gasteiger partial charge in [0.25, 0.3) is 5.56 Å². The predicted molar refractivity (Wildman–Crippen MR) is 161 cm³/mol. The Bertz CT molecular complexity index is 1830. The van der Waals surface area contributed by atoms with Crippen LogP contribution in [0.4, 0.5) is 0 Å². The number of hydrogen-bond acceptors (Lipinski definition) is 8. The number of ether oxygens (including phenoxy) is 2. The van der Waals surface area contributed by atoms with Crippen LogP contribution in [0.3, 0.4) is 0 Å². The Labute approximate surface area is 251 Å². The summed E-state index contributed by atoms with van der Waals surface area (Å²) >= 11 is 7.33. The lowest BCUT2D eigenvalue weighted by Gasteiger charge is -2.24. The second-order valence-corrected chi connectivity index (χ2v) is 11.1. The van der Waals surface area contributed by atoms with Crippen molar-refractivity contribution >= 4 is 41.0 Å². The monoisotopic (exact) mass is 604 g/mol. The zero-order valence-electron chi connectivity index (χ0n) is 23.4. The van der Waals surface area contributed by atoms with E-state index in [0.29, 0.717) is 54.9 Å². The minimum atomic E-state index is -0.723. The molecule has 10 heteroatoms. The van der Waals surface area contributed by atoms with Crippen molar-refractivity contribution in [3.05, 3.63) is 114 Å². The lowest BCUT2D eigenvalue weighted by molar-refractivity contribution is -0.139. The van der Waals surface area contributed by atoms with Gasteiger partial charge in [-0.1, -0.05) is 60.5 Å². The fourth-order valence-corrected chi connectivity index (χ4v) is 5.78. The van der Waals surface area contributed by atoms with Crippen LogP contribution in [0, 0.1) is 0 Å². The van der Waals surface area contributed by atoms with Crippen LogP contribution in [0.2, 0.25) is 5.02 Å². The molecule has 4 aromatic rings. The summed E-state index contributed by atoms with van der Waals surface area (Å²) in [5.74, 6) is 0.176. The number of nitrogens with zero attached hydrogens (tertiary/aromatic N) is 2. The molecule has 0 unspecified atom stereocenters. The maximum absolute atomic E-state index is 13.8. The van der Waals surface area contributed by atoms with E-state index in [0.717, 1.165) is 18.4 Å². The first-order chi connectivity index (χ1) is 20.3. The summed E-state index contributed by atoms with van der Waals surface area (Å²) in [6, 6.07) is 16.8. The molecule has 1 atom stereocenters. The largest absolute Gasteiger partial charge is 0.463 e. The van der Waals surface area contributed by atoms with Gasteiger partial charge in [-0.15, -0.1) is 0 Å². The van der Waals surface area contributed by atoms with Crippen molar-refractivity contribution in [3.8, 4) is 11.3 Å². The van der Waals surface area contributed by atoms with Gasteiger partial charge < -0.3 is 13.9 Å². The molecule has 3 heterocycles. The van der Waals surface area contributed by atoms with Crippen LogP contribution in [0.1, 0.15) is 61.3 Å². The second kappa shape index (κ2) is 12.8. The zero-order chi connectivity index (χ0) is 29.8. The van der Waals surface area contributed by atoms with E-state index in [1.807, 2.05) is 6.92 Å². The first-order valence-corrected chi connectivity index (χ1v) is 14.8. The van der Waals surface area contributed by atoms with Gasteiger partial charge in [-0.05, 0) is 62.2 Å². The fourth-order valence-electron chi connectivity index (χ4n) is 4.63. The molecule has 2 aromatic heterocycles. The Morgan fingerprint density at radius 3 is 2.45 bits per heavy atom. The number of thiazole rings is 1. The van der Waals surface area contributed by atoms with Crippen molar-refractivity contribution in [3.63, 3.8) is 0 Å². The smallest absolute Gasteiger partial charge is 0.338 e. The minimum absolute atomic E-state index is 0.194. The van der Waals surface area contributed by atoms with E-state index < -0.39 is 12.0 Å². The maximum Gasteiger partial charge on any atom is 0.338 e. The summed E-state index contributed by atoms with van der Waals surface area (Å²) in [5, 5.41) is 0.541. The molecule has 0 N–H and O–H groups in total. The third-order valence-corrected chi connectivity index (χ3v) is 7.97. The minimum Gasteiger partial charge on any atom is -0.463 e. The summed E-state index contributed by atoms with van der Waals surface area (Å²) in [6.45, 7) is 6.10. The molecule has 216 valence electrons. The summed E-state index contributed by atoms with van der Waals surface area (Å²) in [5.41, 5.74) is 2.43. The molecule has 0 saturated heterocycles. The van der Waals surface area contributed by atoms with Crippen molar-refractivity contribution in [2.24, 2.45) is 4.99 Å². The zero-order valence-corrected chi connectivity index (χ0v) is 25.0. The topological polar surface area (TPSA) is 100 Å². The lowest BCUT2D eigenvalue weighted by Crippen LogP contribution is -2.39. The number of allylic oxidation sites excluding steroid dienone is 1. The predicted octanol–water partition coefficient (Wildman–Crippen LogP) is 5.67. The molecule has 1 aliphatic heterocycles. The highest BCUT2D eigenvalue weighted by molar-refractivity contribution is 7.07. The molecule has 0 spiro atoms. The quantitative estimate of drug-likeness (QED) is 0.180. The van der Waals surface area contributed by atoms with Crippen molar-refractivity contribution in [1.29, 1.82) is 0 Å². The number of furan rings is 1. The Morgan fingerprint density at radius 2 is 1.76 bits per heavy atom. The average molecular weight is 605 g/mol. The third-order valence-electron chi connectivity index (χ3n) is 6.74. The number of benzene rings is 2. The molecule has 0 saturated carbocycles. The van der Waals surface area contributed by atoms with Crippen LogP contribution in [0.5, 0.6) is 0 Å². The van der Waals surface area contributed by atoms with Crippen LogP contribution in [0.15, 0.2) is 86.1 Å². The molecule has 0 radical (unpaired) electrons. The van der Waals surface area contributed by atoms with Gasteiger partial charge in [-0.3, -0.25) is 9.36 Å². The molecule has 0 aliphatic carbocycles. The van der Waals surface area contributed by atoms with E-state index in [1.165, 1.54) is 15.9 Å². The van der Waals surface area contributed by atoms with Gasteiger partial charge in [0.1, 0.15) is 11.5 Å². The SMILES string of the molecule is CCCCOC(=O)c1ccc(-c2ccc(/C=c3\sc4n(c3=O)[C@H](c3ccc(Cl)cc3)C(C(=O)OCC)=C(C)N=4)o2)cc1. The molecule has 2 aromatic carbocycles. The molecule has 1 aliphatic rings. The molecule has 5 rings (SSSR count). The van der Waals surface area contributed by atoms with E-state index in [4.69, 9.17) is 25.5 Å². The van der Waals surface area contributed by atoms with Crippen LogP contribution < -0.4 is 14.9 Å². The average Bonchev–Trinajstić information content (AvgIpc) is 3.57. The van der Waals surface area contributed by atoms with Gasteiger partial charge in [0, 0.05) is 16.7 Å². The molecule has 0 fully saturated rings. The Balaban J connectivity index is 1.48. The summed E-state index contributed by atoms with van der Waals surface area (Å²) < 4.78 is 18.5. The van der Waals surface area contributed by atoms with Crippen molar-refractivity contribution in [2.75, 3.05) is 13.2 Å². The Hall–Kier alpha value is -4.21. The first-order valence-electron chi connectivity index (χ1n) is 13.6. The summed E-state index contributed by atoms with van der Waals surface area (Å²) in [7, 11) is 0. The number of rotatable bonds is 9. The lowest BCUT2D eigenvalue weighted by atomic mass is 9.96. The highest BCUT2D eigenvalue weighted by Crippen LogP contribution is 2.31. The number of unbranched alkanes of at least 4 members (excludes halogenated alkanes) is 1. The van der Waals surface area contributed by atoms with Crippen molar-refractivity contribution < 1.29 is 23.5 Å². The Morgan fingerprint density at radius 1 is 1.02 bits per heavy atom. The van der Waals surface area contributed by atoms with Gasteiger partial charge in [-0.25, -0.2) is 14.6 Å². The molecule has 0 bridgehead atoms. The van der Waals surface area contributed by atoms with Gasteiger partial charge in [0.15, 0.2) is 4.80 Å². The number of carbonyl (C=O) groups excluding carboxylic acids is 2. The molecular weight excluding hydrogens is 576 g/mol. The van der Waals surface area contributed by atoms with Gasteiger partial charge in [-0.2, -0.15) is 0 Å². The van der Waals surface area contributed by atoms with Crippen molar-refractivity contribution in [2.45, 2.75) is 39.7 Å². The highest BCUT2D eigenvalue weighted by atomic mass is 35.5. The number of esters is 2. The summed E-state index contributed by atoms with van der Waals surface area (Å²) in [6.07, 6.45) is 3.44. The Kier molecular flexibility index (Phi) is 8.89. The van der Waals surface area contributed by atoms with Crippen LogP contribution in [0.25, 0.3) is 17.4 Å². The second-order valence-electron chi connectivity index (χ2n) is 9.62. The number of aromatic nitrogens is 1. The van der Waals surface area contributed by atoms with Gasteiger partial charge in [0.05, 0.1) is 40.6 Å². The van der Waals surface area contributed by atoms with Gasteiger partial charge in [0.2, 0.25) is 0 Å². The van der Waals surface area contributed by atoms with Crippen molar-refractivity contribution in [1.82, 2.24) is 4.57 Å². The van der Waals surface area contributed by atoms with Crippen LogP contribution >= 0.6 is 22.9 Å². The molecule has 0 amide bonds. The van der Waals surface area contributed by atoms with E-state index >= 15 is 0 Å². The number of carbonyl (C=O) groups is 2. The third kappa shape index (κ3) is 6.03. The molecule has 42 heavy (non-hydrogen) atoms. The van der Waals surface area contributed by atoms with E-state index in [1.54, 1.807) is 80.6 Å². The summed E-state index contributed by atoms with van der Waals surface area (Å²) in [4.78, 5) is 44.0. The molecular formula is C32H29ClN2O6S. The number of halogens is 1. The molecule has 8 nitrogen and oxygen atoms in total. The highest BCUT2D eigenvalue weighted by Gasteiger charge is 2.33. The van der Waals surface area contributed by atoms with Gasteiger partial charge >= 0.3 is 11.9 Å².